The Morgan fingerprint density at radius 2 is 2.06 bits per heavy atom. The van der Waals surface area contributed by atoms with E-state index in [2.05, 4.69) is 13.8 Å². The van der Waals surface area contributed by atoms with E-state index in [0.717, 1.165) is 33.7 Å². The number of fused-ring (bicyclic) bond motifs is 1. The summed E-state index contributed by atoms with van der Waals surface area (Å²) in [5.41, 5.74) is 2.78. The summed E-state index contributed by atoms with van der Waals surface area (Å²) >= 11 is 0. The molecule has 0 aromatic heterocycles. The van der Waals surface area contributed by atoms with Crippen molar-refractivity contribution < 1.29 is 9.48 Å². The fraction of sp³-hybridized carbons (Fsp3) is 0.462. The SMILES string of the molecule is COc1ccc2c(c1C)[N+]([O-])=CCC2(C)C. The minimum Gasteiger partial charge on any atom is -0.618 e. The summed E-state index contributed by atoms with van der Waals surface area (Å²) in [4.78, 5) is 0. The normalized spacial score (nSPS) is 17.6. The lowest BCUT2D eigenvalue weighted by molar-refractivity contribution is -0.361. The van der Waals surface area contributed by atoms with E-state index >= 15 is 0 Å². The van der Waals surface area contributed by atoms with Gasteiger partial charge in [-0.25, -0.2) is 0 Å². The van der Waals surface area contributed by atoms with Gasteiger partial charge in [-0.05, 0) is 19.1 Å². The van der Waals surface area contributed by atoms with Crippen molar-refractivity contribution in [3.8, 4) is 5.75 Å². The molecule has 1 aliphatic heterocycles. The lowest BCUT2D eigenvalue weighted by Gasteiger charge is -2.29. The average molecular weight is 219 g/mol. The van der Waals surface area contributed by atoms with Gasteiger partial charge in [0.15, 0.2) is 6.21 Å². The van der Waals surface area contributed by atoms with Crippen LogP contribution in [0.15, 0.2) is 12.1 Å². The van der Waals surface area contributed by atoms with Crippen molar-refractivity contribution in [2.75, 3.05) is 7.11 Å². The molecule has 0 N–H and O–H groups in total. The Morgan fingerprint density at radius 3 is 2.69 bits per heavy atom. The van der Waals surface area contributed by atoms with Gasteiger partial charge >= 0.3 is 0 Å². The van der Waals surface area contributed by atoms with Crippen LogP contribution in [0.3, 0.4) is 0 Å². The molecule has 0 amide bonds. The van der Waals surface area contributed by atoms with E-state index in [1.807, 2.05) is 19.1 Å². The number of benzene rings is 1. The minimum atomic E-state index is 0.0211. The van der Waals surface area contributed by atoms with Crippen molar-refractivity contribution in [3.05, 3.63) is 28.5 Å². The molecule has 0 aliphatic carbocycles. The first kappa shape index (κ1) is 11.0. The Morgan fingerprint density at radius 1 is 1.38 bits per heavy atom. The fourth-order valence-electron chi connectivity index (χ4n) is 2.25. The highest BCUT2D eigenvalue weighted by molar-refractivity contribution is 5.67. The van der Waals surface area contributed by atoms with E-state index in [-0.39, 0.29) is 5.41 Å². The molecule has 16 heavy (non-hydrogen) atoms. The molecule has 1 aliphatic rings. The first-order valence-electron chi connectivity index (χ1n) is 5.45. The summed E-state index contributed by atoms with van der Waals surface area (Å²) in [7, 11) is 1.63. The summed E-state index contributed by atoms with van der Waals surface area (Å²) in [6.07, 6.45) is 2.48. The second-order valence-electron chi connectivity index (χ2n) is 4.89. The molecule has 86 valence electrons. The van der Waals surface area contributed by atoms with Crippen molar-refractivity contribution in [1.82, 2.24) is 0 Å². The number of methoxy groups -OCH3 is 1. The van der Waals surface area contributed by atoms with E-state index in [0.29, 0.717) is 0 Å². The third kappa shape index (κ3) is 1.47. The standard InChI is InChI=1S/C13H17NO2/c1-9-11(16-4)6-5-10-12(9)14(15)8-7-13(10,2)3/h5-6,8H,7H2,1-4H3. The van der Waals surface area contributed by atoms with Gasteiger partial charge < -0.3 is 9.94 Å². The lowest BCUT2D eigenvalue weighted by atomic mass is 9.78. The minimum absolute atomic E-state index is 0.0211. The second kappa shape index (κ2) is 3.51. The van der Waals surface area contributed by atoms with Gasteiger partial charge in [0.05, 0.1) is 12.7 Å². The van der Waals surface area contributed by atoms with Crippen molar-refractivity contribution >= 4 is 11.9 Å². The van der Waals surface area contributed by atoms with E-state index in [4.69, 9.17) is 4.74 Å². The van der Waals surface area contributed by atoms with Crippen LogP contribution in [0.5, 0.6) is 5.75 Å². The first-order valence-corrected chi connectivity index (χ1v) is 5.45. The zero-order chi connectivity index (χ0) is 11.9. The van der Waals surface area contributed by atoms with Crippen LogP contribution in [0.4, 0.5) is 5.69 Å². The van der Waals surface area contributed by atoms with Crippen molar-refractivity contribution in [1.29, 1.82) is 0 Å². The van der Waals surface area contributed by atoms with Gasteiger partial charge in [-0.3, -0.25) is 0 Å². The third-order valence-electron chi connectivity index (χ3n) is 3.32. The summed E-state index contributed by atoms with van der Waals surface area (Å²) < 4.78 is 6.22. The van der Waals surface area contributed by atoms with Crippen LogP contribution in [0.2, 0.25) is 0 Å². The molecule has 0 fully saturated rings. The summed E-state index contributed by atoms with van der Waals surface area (Å²) in [5.74, 6) is 0.769. The van der Waals surface area contributed by atoms with Crippen molar-refractivity contribution in [3.63, 3.8) is 0 Å². The van der Waals surface area contributed by atoms with Crippen LogP contribution in [-0.2, 0) is 5.41 Å². The largest absolute Gasteiger partial charge is 0.618 e. The quantitative estimate of drug-likeness (QED) is 0.537. The Bertz CT molecular complexity index is 461. The molecule has 0 saturated heterocycles. The maximum Gasteiger partial charge on any atom is 0.226 e. The highest BCUT2D eigenvalue weighted by atomic mass is 16.5. The number of rotatable bonds is 1. The highest BCUT2D eigenvalue weighted by Gasteiger charge is 2.33. The number of ether oxygens (including phenoxy) is 1. The molecule has 1 heterocycles. The molecule has 0 unspecified atom stereocenters. The average Bonchev–Trinajstić information content (AvgIpc) is 2.24. The molecule has 0 bridgehead atoms. The monoisotopic (exact) mass is 219 g/mol. The molecule has 1 aromatic rings. The lowest BCUT2D eigenvalue weighted by Crippen LogP contribution is -2.26. The van der Waals surface area contributed by atoms with Crippen LogP contribution in [0, 0.1) is 12.1 Å². The first-order chi connectivity index (χ1) is 7.47. The van der Waals surface area contributed by atoms with Gasteiger partial charge in [0.1, 0.15) is 5.75 Å². The Kier molecular flexibility index (Phi) is 2.41. The Hall–Kier alpha value is -1.51. The third-order valence-corrected chi connectivity index (χ3v) is 3.32. The van der Waals surface area contributed by atoms with Gasteiger partial charge in [-0.1, -0.05) is 13.8 Å². The Balaban J connectivity index is 2.71. The van der Waals surface area contributed by atoms with Gasteiger partial charge in [0, 0.05) is 17.4 Å². The molecule has 0 saturated carbocycles. The zero-order valence-corrected chi connectivity index (χ0v) is 10.2. The van der Waals surface area contributed by atoms with Crippen molar-refractivity contribution in [2.45, 2.75) is 32.6 Å². The maximum atomic E-state index is 11.9. The van der Waals surface area contributed by atoms with Crippen LogP contribution in [0.25, 0.3) is 0 Å². The smallest absolute Gasteiger partial charge is 0.226 e. The van der Waals surface area contributed by atoms with E-state index in [1.54, 1.807) is 13.3 Å². The molecule has 3 nitrogen and oxygen atoms in total. The van der Waals surface area contributed by atoms with Crippen LogP contribution >= 0.6 is 0 Å². The van der Waals surface area contributed by atoms with Gasteiger partial charge in [-0.15, -0.1) is 0 Å². The molecule has 0 atom stereocenters. The number of hydrogen-bond acceptors (Lipinski definition) is 2. The zero-order valence-electron chi connectivity index (χ0n) is 10.2. The van der Waals surface area contributed by atoms with Crippen molar-refractivity contribution in [2.24, 2.45) is 0 Å². The molecule has 2 rings (SSSR count). The van der Waals surface area contributed by atoms with E-state index < -0.39 is 0 Å². The van der Waals surface area contributed by atoms with Crippen LogP contribution < -0.4 is 4.74 Å². The van der Waals surface area contributed by atoms with E-state index in [1.165, 1.54) is 0 Å². The molecule has 0 radical (unpaired) electrons. The molecule has 3 heteroatoms. The molecular weight excluding hydrogens is 202 g/mol. The Labute approximate surface area is 95.9 Å². The predicted molar refractivity (Wildman–Crippen MR) is 64.7 cm³/mol. The molecule has 1 aromatic carbocycles. The second-order valence-corrected chi connectivity index (χ2v) is 4.89. The van der Waals surface area contributed by atoms with Gasteiger partial charge in [0.2, 0.25) is 5.69 Å². The molecule has 0 spiro atoms. The summed E-state index contributed by atoms with van der Waals surface area (Å²) in [6, 6.07) is 3.94. The summed E-state index contributed by atoms with van der Waals surface area (Å²) in [6.45, 7) is 6.24. The van der Waals surface area contributed by atoms with Crippen LogP contribution in [-0.4, -0.2) is 18.1 Å². The maximum absolute atomic E-state index is 11.9. The van der Waals surface area contributed by atoms with E-state index in [9.17, 15) is 5.21 Å². The summed E-state index contributed by atoms with van der Waals surface area (Å²) in [5, 5.41) is 11.9. The highest BCUT2D eigenvalue weighted by Crippen LogP contribution is 2.41. The number of hydrogen-bond donors (Lipinski definition) is 0. The van der Waals surface area contributed by atoms with Gasteiger partial charge in [0.25, 0.3) is 0 Å². The van der Waals surface area contributed by atoms with Crippen LogP contribution in [0.1, 0.15) is 31.4 Å². The predicted octanol–water partition coefficient (Wildman–Crippen LogP) is 2.90. The topological polar surface area (TPSA) is 35.3 Å². The molecular formula is C13H17NO2. The van der Waals surface area contributed by atoms with Gasteiger partial charge in [-0.2, -0.15) is 4.74 Å². The number of nitrogens with zero attached hydrogens (tertiary/aromatic N) is 1. The fourth-order valence-corrected chi connectivity index (χ4v) is 2.25.